The Morgan fingerprint density at radius 2 is 1.55 bits per heavy atom. The molecule has 1 atom stereocenters. The topological polar surface area (TPSA) is 55.9 Å². The van der Waals surface area contributed by atoms with Gasteiger partial charge in [0.2, 0.25) is 11.8 Å². The molecular formula is C24H30N4O2S. The van der Waals surface area contributed by atoms with E-state index in [1.54, 1.807) is 0 Å². The third-order valence-corrected chi connectivity index (χ3v) is 7.03. The fourth-order valence-electron chi connectivity index (χ4n) is 4.05. The number of rotatable bonds is 5. The average molecular weight is 439 g/mol. The second kappa shape index (κ2) is 10.3. The van der Waals surface area contributed by atoms with Gasteiger partial charge >= 0.3 is 0 Å². The highest BCUT2D eigenvalue weighted by atomic mass is 32.2. The second-order valence-corrected chi connectivity index (χ2v) is 9.68. The van der Waals surface area contributed by atoms with Crippen LogP contribution in [0.15, 0.2) is 59.5 Å². The molecular weight excluding hydrogens is 408 g/mol. The molecule has 0 radical (unpaired) electrons. The number of carbonyl (C=O) groups excluding carboxylic acids is 2. The number of anilines is 2. The van der Waals surface area contributed by atoms with E-state index in [9.17, 15) is 9.59 Å². The van der Waals surface area contributed by atoms with Gasteiger partial charge < -0.3 is 10.2 Å². The number of hydrogen-bond acceptors (Lipinski definition) is 5. The molecule has 0 aliphatic carbocycles. The van der Waals surface area contributed by atoms with Crippen molar-refractivity contribution in [1.82, 2.24) is 9.80 Å². The Hall–Kier alpha value is -2.35. The smallest absolute Gasteiger partial charge is 0.241 e. The van der Waals surface area contributed by atoms with Gasteiger partial charge in [-0.3, -0.25) is 19.4 Å². The fourth-order valence-corrected chi connectivity index (χ4v) is 5.17. The van der Waals surface area contributed by atoms with Gasteiger partial charge in [-0.05, 0) is 30.7 Å². The monoisotopic (exact) mass is 438 g/mol. The molecule has 1 unspecified atom stereocenters. The lowest BCUT2D eigenvalue weighted by Gasteiger charge is -2.35. The third kappa shape index (κ3) is 5.87. The molecule has 31 heavy (non-hydrogen) atoms. The summed E-state index contributed by atoms with van der Waals surface area (Å²) in [5.74, 6) is 0.168. The lowest BCUT2D eigenvalue weighted by molar-refractivity contribution is -0.121. The van der Waals surface area contributed by atoms with E-state index in [2.05, 4.69) is 34.2 Å². The summed E-state index contributed by atoms with van der Waals surface area (Å²) >= 11 is 1.85. The lowest BCUT2D eigenvalue weighted by atomic mass is 10.2. The van der Waals surface area contributed by atoms with Crippen molar-refractivity contribution in [2.45, 2.75) is 23.5 Å². The van der Waals surface area contributed by atoms with Crippen LogP contribution in [0, 0.1) is 0 Å². The first-order valence-corrected chi connectivity index (χ1v) is 11.8. The Labute approximate surface area is 188 Å². The van der Waals surface area contributed by atoms with Crippen LogP contribution in [0.2, 0.25) is 0 Å². The molecule has 2 aliphatic heterocycles. The molecule has 1 N–H and O–H groups in total. The van der Waals surface area contributed by atoms with Crippen LogP contribution in [-0.2, 0) is 9.59 Å². The van der Waals surface area contributed by atoms with E-state index in [1.807, 2.05) is 59.1 Å². The van der Waals surface area contributed by atoms with Crippen LogP contribution in [0.4, 0.5) is 11.4 Å². The number of nitrogens with one attached hydrogen (secondary N) is 1. The molecule has 1 fully saturated rings. The molecule has 2 heterocycles. The predicted molar refractivity (Wildman–Crippen MR) is 127 cm³/mol. The van der Waals surface area contributed by atoms with Gasteiger partial charge in [0, 0.05) is 48.6 Å². The predicted octanol–water partition coefficient (Wildman–Crippen LogP) is 3.16. The first kappa shape index (κ1) is 21.9. The van der Waals surface area contributed by atoms with Crippen LogP contribution in [0.5, 0.6) is 0 Å². The van der Waals surface area contributed by atoms with E-state index < -0.39 is 0 Å². The minimum absolute atomic E-state index is 0.00326. The number of hydrogen-bond donors (Lipinski definition) is 1. The van der Waals surface area contributed by atoms with Crippen LogP contribution in [-0.4, -0.2) is 72.7 Å². The molecule has 1 saturated heterocycles. The maximum Gasteiger partial charge on any atom is 0.241 e. The summed E-state index contributed by atoms with van der Waals surface area (Å²) in [7, 11) is 0. The van der Waals surface area contributed by atoms with Gasteiger partial charge in [-0.25, -0.2) is 0 Å². The van der Waals surface area contributed by atoms with E-state index in [1.165, 1.54) is 4.90 Å². The number of amides is 2. The molecule has 6 nitrogen and oxygen atoms in total. The van der Waals surface area contributed by atoms with Gasteiger partial charge in [0.1, 0.15) is 0 Å². The summed E-state index contributed by atoms with van der Waals surface area (Å²) in [6.45, 7) is 6.98. The summed E-state index contributed by atoms with van der Waals surface area (Å²) in [6, 6.07) is 17.8. The minimum Gasteiger partial charge on any atom is -0.325 e. The number of thioether (sulfide) groups is 1. The first-order valence-electron chi connectivity index (χ1n) is 10.9. The Morgan fingerprint density at radius 1 is 0.903 bits per heavy atom. The van der Waals surface area contributed by atoms with Crippen molar-refractivity contribution in [2.75, 3.05) is 56.0 Å². The number of para-hydroxylation sites is 2. The number of carbonyl (C=O) groups is 2. The third-order valence-electron chi connectivity index (χ3n) is 5.79. The molecule has 0 bridgehead atoms. The van der Waals surface area contributed by atoms with E-state index in [4.69, 9.17) is 0 Å². The van der Waals surface area contributed by atoms with Crippen molar-refractivity contribution in [3.05, 3.63) is 54.6 Å². The number of piperazine rings is 1. The van der Waals surface area contributed by atoms with Gasteiger partial charge in [0.05, 0.1) is 18.8 Å². The second-order valence-electron chi connectivity index (χ2n) is 8.20. The number of nitrogens with zero attached hydrogens (tertiary/aromatic N) is 3. The van der Waals surface area contributed by atoms with Gasteiger partial charge in [0.15, 0.2) is 0 Å². The molecule has 4 rings (SSSR count). The molecule has 2 aliphatic rings. The Kier molecular flexibility index (Phi) is 7.27. The standard InChI is InChI=1S/C24H30N4O2S/c1-19-11-12-28(21-9-5-6-10-22(21)31-19)24(30)18-27-15-13-26(14-16-27)17-23(29)25-20-7-3-2-4-8-20/h2-10,19H,11-18H2,1H3,(H,25,29). The Morgan fingerprint density at radius 3 is 2.29 bits per heavy atom. The van der Waals surface area contributed by atoms with Gasteiger partial charge in [0.25, 0.3) is 0 Å². The zero-order chi connectivity index (χ0) is 21.6. The summed E-state index contributed by atoms with van der Waals surface area (Å²) in [5, 5.41) is 3.44. The van der Waals surface area contributed by atoms with E-state index in [0.717, 1.165) is 50.5 Å². The van der Waals surface area contributed by atoms with Crippen molar-refractivity contribution in [1.29, 1.82) is 0 Å². The highest BCUT2D eigenvalue weighted by Crippen LogP contribution is 2.37. The molecule has 2 aromatic carbocycles. The summed E-state index contributed by atoms with van der Waals surface area (Å²) in [4.78, 5) is 33.0. The van der Waals surface area contributed by atoms with Crippen LogP contribution < -0.4 is 10.2 Å². The lowest BCUT2D eigenvalue weighted by Crippen LogP contribution is -2.51. The van der Waals surface area contributed by atoms with Crippen molar-refractivity contribution < 1.29 is 9.59 Å². The molecule has 0 spiro atoms. The van der Waals surface area contributed by atoms with Crippen molar-refractivity contribution in [3.63, 3.8) is 0 Å². The molecule has 7 heteroatoms. The van der Waals surface area contributed by atoms with Crippen molar-refractivity contribution in [2.24, 2.45) is 0 Å². The molecule has 2 amide bonds. The quantitative estimate of drug-likeness (QED) is 0.777. The molecule has 164 valence electrons. The van der Waals surface area contributed by atoms with Gasteiger partial charge in [-0.2, -0.15) is 0 Å². The zero-order valence-electron chi connectivity index (χ0n) is 18.0. The molecule has 0 aromatic heterocycles. The maximum absolute atomic E-state index is 13.1. The Bertz CT molecular complexity index is 899. The van der Waals surface area contributed by atoms with Crippen molar-refractivity contribution in [3.8, 4) is 0 Å². The number of benzene rings is 2. The molecule has 0 saturated carbocycles. The first-order chi connectivity index (χ1) is 15.1. The fraction of sp³-hybridized carbons (Fsp3) is 0.417. The van der Waals surface area contributed by atoms with Crippen LogP contribution >= 0.6 is 11.8 Å². The summed E-state index contributed by atoms with van der Waals surface area (Å²) in [6.07, 6.45) is 0.995. The minimum atomic E-state index is 0.00326. The maximum atomic E-state index is 13.1. The SMILES string of the molecule is CC1CCN(C(=O)CN2CCN(CC(=O)Nc3ccccc3)CC2)c2ccccc2S1. The Balaban J connectivity index is 1.27. The van der Waals surface area contributed by atoms with Gasteiger partial charge in [-0.15, -0.1) is 11.8 Å². The normalized spacial score (nSPS) is 20.0. The van der Waals surface area contributed by atoms with Crippen LogP contribution in [0.3, 0.4) is 0 Å². The highest BCUT2D eigenvalue weighted by molar-refractivity contribution is 8.00. The van der Waals surface area contributed by atoms with E-state index in [0.29, 0.717) is 18.3 Å². The summed E-state index contributed by atoms with van der Waals surface area (Å²) in [5.41, 5.74) is 1.86. The van der Waals surface area contributed by atoms with E-state index >= 15 is 0 Å². The van der Waals surface area contributed by atoms with Crippen LogP contribution in [0.1, 0.15) is 13.3 Å². The van der Waals surface area contributed by atoms with Crippen LogP contribution in [0.25, 0.3) is 0 Å². The molecule has 2 aromatic rings. The van der Waals surface area contributed by atoms with E-state index in [-0.39, 0.29) is 11.8 Å². The largest absolute Gasteiger partial charge is 0.325 e. The summed E-state index contributed by atoms with van der Waals surface area (Å²) < 4.78 is 0. The number of fused-ring (bicyclic) bond motifs is 1. The van der Waals surface area contributed by atoms with Crippen molar-refractivity contribution >= 4 is 35.0 Å². The van der Waals surface area contributed by atoms with Gasteiger partial charge in [-0.1, -0.05) is 37.3 Å². The average Bonchev–Trinajstić information content (AvgIpc) is 2.94. The highest BCUT2D eigenvalue weighted by Gasteiger charge is 2.27. The zero-order valence-corrected chi connectivity index (χ0v) is 18.8.